The number of fused-ring (bicyclic) bond motifs is 3. The maximum Gasteiger partial charge on any atom is 0.0723 e. The summed E-state index contributed by atoms with van der Waals surface area (Å²) < 4.78 is 0. The fourth-order valence-corrected chi connectivity index (χ4v) is 3.01. The number of aromatic nitrogens is 1. The number of nitrogens with two attached hydrogens (primary N) is 1. The molecule has 0 aliphatic carbocycles. The van der Waals surface area contributed by atoms with Crippen LogP contribution < -0.4 is 10.6 Å². The van der Waals surface area contributed by atoms with Gasteiger partial charge in [-0.1, -0.05) is 18.2 Å². The van der Waals surface area contributed by atoms with E-state index in [4.69, 9.17) is 5.73 Å². The highest BCUT2D eigenvalue weighted by Gasteiger charge is 2.17. The number of rotatable bonds is 5. The first-order valence-electron chi connectivity index (χ1n) is 7.43. The average molecular weight is 299 g/mol. The number of hydrogen-bond donors (Lipinski definition) is 4. The molecule has 116 valence electrons. The normalized spacial score (nSPS) is 11.4. The summed E-state index contributed by atoms with van der Waals surface area (Å²) in [7, 11) is 0. The Bertz CT molecular complexity index is 804. The van der Waals surface area contributed by atoms with Crippen molar-refractivity contribution in [2.45, 2.75) is 6.92 Å². The number of nitrogen functional groups attached to an aromatic ring is 1. The van der Waals surface area contributed by atoms with Gasteiger partial charge < -0.3 is 25.8 Å². The zero-order chi connectivity index (χ0) is 15.7. The van der Waals surface area contributed by atoms with Crippen molar-refractivity contribution in [2.24, 2.45) is 0 Å². The van der Waals surface area contributed by atoms with Crippen molar-refractivity contribution in [3.05, 3.63) is 35.9 Å². The largest absolute Gasteiger partial charge is 0.398 e. The number of aryl methyl sites for hydroxylation is 1. The molecule has 5 N–H and O–H groups in total. The first kappa shape index (κ1) is 14.7. The van der Waals surface area contributed by atoms with Crippen molar-refractivity contribution >= 4 is 33.2 Å². The molecule has 0 aliphatic rings. The number of nitrogens with zero attached hydrogens (tertiary/aromatic N) is 1. The molecule has 1 heterocycles. The molecule has 0 unspecified atom stereocenters. The van der Waals surface area contributed by atoms with Gasteiger partial charge in [-0.2, -0.15) is 0 Å². The second-order valence-electron chi connectivity index (χ2n) is 5.48. The van der Waals surface area contributed by atoms with Gasteiger partial charge in [-0.25, -0.2) is 0 Å². The highest BCUT2D eigenvalue weighted by atomic mass is 16.3. The van der Waals surface area contributed by atoms with E-state index in [1.54, 1.807) is 0 Å². The van der Waals surface area contributed by atoms with Crippen LogP contribution in [0, 0.1) is 6.92 Å². The maximum absolute atomic E-state index is 9.30. The van der Waals surface area contributed by atoms with Crippen LogP contribution in [0.15, 0.2) is 30.3 Å². The second-order valence-corrected chi connectivity index (χ2v) is 5.48. The molecule has 0 saturated heterocycles. The van der Waals surface area contributed by atoms with E-state index in [-0.39, 0.29) is 13.2 Å². The predicted molar refractivity (Wildman–Crippen MR) is 91.3 cm³/mol. The van der Waals surface area contributed by atoms with Crippen LogP contribution in [0.2, 0.25) is 0 Å². The minimum Gasteiger partial charge on any atom is -0.398 e. The number of anilines is 2. The van der Waals surface area contributed by atoms with E-state index < -0.39 is 0 Å². The van der Waals surface area contributed by atoms with Crippen LogP contribution in [0.3, 0.4) is 0 Å². The SMILES string of the molecule is Cc1cc(N(CCO)CCO)c2[nH]c3ccccc3c2c1N. The summed E-state index contributed by atoms with van der Waals surface area (Å²) in [6, 6.07) is 10.1. The Kier molecular flexibility index (Phi) is 3.92. The number of benzene rings is 2. The molecule has 0 atom stereocenters. The van der Waals surface area contributed by atoms with E-state index in [0.29, 0.717) is 13.1 Å². The quantitative estimate of drug-likeness (QED) is 0.543. The number of aromatic amines is 1. The van der Waals surface area contributed by atoms with Crippen molar-refractivity contribution in [1.29, 1.82) is 0 Å². The van der Waals surface area contributed by atoms with Gasteiger partial charge >= 0.3 is 0 Å². The van der Waals surface area contributed by atoms with Gasteiger partial charge in [0.25, 0.3) is 0 Å². The van der Waals surface area contributed by atoms with Crippen LogP contribution in [0.25, 0.3) is 21.8 Å². The van der Waals surface area contributed by atoms with Gasteiger partial charge in [0.2, 0.25) is 0 Å². The van der Waals surface area contributed by atoms with Gasteiger partial charge in [0, 0.05) is 35.1 Å². The van der Waals surface area contributed by atoms with Crippen molar-refractivity contribution in [3.63, 3.8) is 0 Å². The highest BCUT2D eigenvalue weighted by Crippen LogP contribution is 2.38. The Hall–Kier alpha value is -2.24. The van der Waals surface area contributed by atoms with Crippen LogP contribution in [0.4, 0.5) is 11.4 Å². The lowest BCUT2D eigenvalue weighted by atomic mass is 10.0. The molecule has 1 aromatic heterocycles. The van der Waals surface area contributed by atoms with Gasteiger partial charge in [-0.05, 0) is 24.6 Å². The first-order valence-corrected chi connectivity index (χ1v) is 7.43. The molecular formula is C17H21N3O2. The zero-order valence-electron chi connectivity index (χ0n) is 12.6. The molecule has 0 fully saturated rings. The van der Waals surface area contributed by atoms with Crippen molar-refractivity contribution in [3.8, 4) is 0 Å². The van der Waals surface area contributed by atoms with Crippen molar-refractivity contribution in [1.82, 2.24) is 4.98 Å². The van der Waals surface area contributed by atoms with E-state index >= 15 is 0 Å². The Morgan fingerprint density at radius 2 is 1.82 bits per heavy atom. The molecule has 0 bridgehead atoms. The van der Waals surface area contributed by atoms with Gasteiger partial charge in [0.15, 0.2) is 0 Å². The number of nitrogens with one attached hydrogen (secondary N) is 1. The Balaban J connectivity index is 2.32. The fourth-order valence-electron chi connectivity index (χ4n) is 3.01. The number of hydrogen-bond acceptors (Lipinski definition) is 4. The van der Waals surface area contributed by atoms with Gasteiger partial charge in [-0.15, -0.1) is 0 Å². The Morgan fingerprint density at radius 1 is 1.14 bits per heavy atom. The molecule has 0 amide bonds. The van der Waals surface area contributed by atoms with Crippen molar-refractivity contribution in [2.75, 3.05) is 36.9 Å². The minimum atomic E-state index is 0.0329. The first-order chi connectivity index (χ1) is 10.7. The van der Waals surface area contributed by atoms with E-state index in [1.165, 1.54) is 0 Å². The summed E-state index contributed by atoms with van der Waals surface area (Å²) >= 11 is 0. The third kappa shape index (κ3) is 2.28. The third-order valence-electron chi connectivity index (χ3n) is 4.09. The maximum atomic E-state index is 9.30. The van der Waals surface area contributed by atoms with Crippen LogP contribution >= 0.6 is 0 Å². The topological polar surface area (TPSA) is 85.5 Å². The summed E-state index contributed by atoms with van der Waals surface area (Å²) in [5, 5.41) is 20.7. The lowest BCUT2D eigenvalue weighted by Gasteiger charge is -2.24. The molecule has 3 rings (SSSR count). The van der Waals surface area contributed by atoms with Gasteiger partial charge in [-0.3, -0.25) is 0 Å². The smallest absolute Gasteiger partial charge is 0.0723 e. The lowest BCUT2D eigenvalue weighted by Crippen LogP contribution is -2.30. The fraction of sp³-hybridized carbons (Fsp3) is 0.294. The molecule has 0 radical (unpaired) electrons. The zero-order valence-corrected chi connectivity index (χ0v) is 12.6. The second kappa shape index (κ2) is 5.87. The van der Waals surface area contributed by atoms with E-state index in [2.05, 4.69) is 11.1 Å². The van der Waals surface area contributed by atoms with Crippen LogP contribution in [-0.4, -0.2) is 41.5 Å². The molecule has 0 aliphatic heterocycles. The van der Waals surface area contributed by atoms with Crippen molar-refractivity contribution < 1.29 is 10.2 Å². The van der Waals surface area contributed by atoms with Crippen LogP contribution in [0.5, 0.6) is 0 Å². The standard InChI is InChI=1S/C17H21N3O2/c1-11-10-14(20(6-8-21)7-9-22)17-15(16(11)18)12-4-2-3-5-13(12)19-17/h2-5,10,19,21-22H,6-9,18H2,1H3. The van der Waals surface area contributed by atoms with Gasteiger partial charge in [0.1, 0.15) is 0 Å². The minimum absolute atomic E-state index is 0.0329. The lowest BCUT2D eigenvalue weighted by molar-refractivity contribution is 0.281. The summed E-state index contributed by atoms with van der Waals surface area (Å²) in [5.74, 6) is 0. The summed E-state index contributed by atoms with van der Waals surface area (Å²) in [6.45, 7) is 2.98. The van der Waals surface area contributed by atoms with E-state index in [1.807, 2.05) is 36.1 Å². The number of para-hydroxylation sites is 1. The monoisotopic (exact) mass is 299 g/mol. The molecule has 2 aromatic carbocycles. The number of H-pyrrole nitrogens is 1. The average Bonchev–Trinajstić information content (AvgIpc) is 2.90. The molecule has 5 heteroatoms. The molecule has 0 saturated carbocycles. The number of aliphatic hydroxyl groups excluding tert-OH is 2. The van der Waals surface area contributed by atoms with E-state index in [9.17, 15) is 10.2 Å². The summed E-state index contributed by atoms with van der Waals surface area (Å²) in [5.41, 5.74) is 11.0. The number of aliphatic hydroxyl groups is 2. The molecular weight excluding hydrogens is 278 g/mol. The van der Waals surface area contributed by atoms with Gasteiger partial charge in [0.05, 0.1) is 24.4 Å². The van der Waals surface area contributed by atoms with Crippen LogP contribution in [0.1, 0.15) is 5.56 Å². The third-order valence-corrected chi connectivity index (χ3v) is 4.09. The summed E-state index contributed by atoms with van der Waals surface area (Å²) in [6.07, 6.45) is 0. The molecule has 3 aromatic rings. The Morgan fingerprint density at radius 3 is 2.50 bits per heavy atom. The molecule has 0 spiro atoms. The van der Waals surface area contributed by atoms with Crippen LogP contribution in [-0.2, 0) is 0 Å². The Labute approximate surface area is 129 Å². The predicted octanol–water partition coefficient (Wildman–Crippen LogP) is 2.00. The van der Waals surface area contributed by atoms with E-state index in [0.717, 1.165) is 38.7 Å². The highest BCUT2D eigenvalue weighted by molar-refractivity contribution is 6.17. The summed E-state index contributed by atoms with van der Waals surface area (Å²) in [4.78, 5) is 5.40. The molecule has 5 nitrogen and oxygen atoms in total. The molecule has 22 heavy (non-hydrogen) atoms.